The number of nitrogens with zero attached hydrogens (tertiary/aromatic N) is 1. The second kappa shape index (κ2) is 8.40. The van der Waals surface area contributed by atoms with E-state index in [4.69, 9.17) is 16.7 Å². The second-order valence-electron chi connectivity index (χ2n) is 6.79. The quantitative estimate of drug-likeness (QED) is 0.674. The lowest BCUT2D eigenvalue weighted by atomic mass is 9.95. The number of amides is 2. The van der Waals surface area contributed by atoms with Crippen LogP contribution in [0.15, 0.2) is 47.4 Å². The van der Waals surface area contributed by atoms with E-state index >= 15 is 0 Å². The van der Waals surface area contributed by atoms with Gasteiger partial charge in [-0.1, -0.05) is 11.6 Å². The van der Waals surface area contributed by atoms with Gasteiger partial charge in [0.2, 0.25) is 15.9 Å². The van der Waals surface area contributed by atoms with Crippen LogP contribution in [0.1, 0.15) is 23.2 Å². The maximum atomic E-state index is 12.6. The van der Waals surface area contributed by atoms with Crippen molar-refractivity contribution in [1.29, 1.82) is 0 Å². The SMILES string of the molecule is NS(=O)(=O)c1ccc(NC(=O)C2CCN(C(=O)c3ccc(O)c(Cl)c3)CC2)cc1. The number of phenolic OH excluding ortho intramolecular Hbond substituents is 1. The van der Waals surface area contributed by atoms with E-state index in [2.05, 4.69) is 5.32 Å². The van der Waals surface area contributed by atoms with E-state index < -0.39 is 10.0 Å². The van der Waals surface area contributed by atoms with E-state index in [0.29, 0.717) is 37.2 Å². The zero-order valence-corrected chi connectivity index (χ0v) is 16.9. The molecule has 10 heteroatoms. The van der Waals surface area contributed by atoms with E-state index in [-0.39, 0.29) is 33.4 Å². The summed E-state index contributed by atoms with van der Waals surface area (Å²) in [5, 5.41) is 17.4. The summed E-state index contributed by atoms with van der Waals surface area (Å²) in [7, 11) is -3.78. The van der Waals surface area contributed by atoms with Gasteiger partial charge in [0.05, 0.1) is 9.92 Å². The fourth-order valence-corrected chi connectivity index (χ4v) is 3.84. The third-order valence-corrected chi connectivity index (χ3v) is 6.03. The molecule has 1 aliphatic heterocycles. The Balaban J connectivity index is 1.56. The average Bonchev–Trinajstić information content (AvgIpc) is 2.69. The molecule has 3 rings (SSSR count). The Morgan fingerprint density at radius 3 is 2.28 bits per heavy atom. The molecule has 2 aromatic rings. The van der Waals surface area contributed by atoms with Crippen LogP contribution in [0, 0.1) is 5.92 Å². The van der Waals surface area contributed by atoms with E-state index in [1.165, 1.54) is 42.5 Å². The summed E-state index contributed by atoms with van der Waals surface area (Å²) in [6, 6.07) is 9.91. The molecule has 0 atom stereocenters. The smallest absolute Gasteiger partial charge is 0.253 e. The number of primary sulfonamides is 1. The number of rotatable bonds is 4. The minimum atomic E-state index is -3.78. The Morgan fingerprint density at radius 2 is 1.72 bits per heavy atom. The van der Waals surface area contributed by atoms with Gasteiger partial charge in [0, 0.05) is 30.3 Å². The zero-order valence-electron chi connectivity index (χ0n) is 15.3. The lowest BCUT2D eigenvalue weighted by Crippen LogP contribution is -2.41. The third-order valence-electron chi connectivity index (χ3n) is 4.80. The number of carbonyl (C=O) groups excluding carboxylic acids is 2. The number of aromatic hydroxyl groups is 1. The van der Waals surface area contributed by atoms with Crippen LogP contribution < -0.4 is 10.5 Å². The van der Waals surface area contributed by atoms with Crippen LogP contribution in [0.25, 0.3) is 0 Å². The number of carbonyl (C=O) groups is 2. The van der Waals surface area contributed by atoms with Gasteiger partial charge >= 0.3 is 0 Å². The van der Waals surface area contributed by atoms with E-state index in [1.54, 1.807) is 4.90 Å². The number of nitrogens with two attached hydrogens (primary N) is 1. The van der Waals surface area contributed by atoms with Gasteiger partial charge in [0.25, 0.3) is 5.91 Å². The molecule has 0 aliphatic carbocycles. The van der Waals surface area contributed by atoms with Gasteiger partial charge in [-0.25, -0.2) is 13.6 Å². The standard InChI is InChI=1S/C19H20ClN3O5S/c20-16-11-13(1-6-17(16)24)19(26)23-9-7-12(8-10-23)18(25)22-14-2-4-15(5-3-14)29(21,27)28/h1-6,11-12,24H,7-10H2,(H,22,25)(H2,21,27,28). The van der Waals surface area contributed by atoms with Crippen LogP contribution in [0.5, 0.6) is 5.75 Å². The molecule has 29 heavy (non-hydrogen) atoms. The van der Waals surface area contributed by atoms with Crippen molar-refractivity contribution >= 4 is 39.1 Å². The van der Waals surface area contributed by atoms with Crippen LogP contribution in [0.3, 0.4) is 0 Å². The molecule has 2 aromatic carbocycles. The largest absolute Gasteiger partial charge is 0.506 e. The van der Waals surface area contributed by atoms with Gasteiger partial charge in [-0.15, -0.1) is 0 Å². The minimum absolute atomic E-state index is 0.0309. The molecule has 1 fully saturated rings. The monoisotopic (exact) mass is 437 g/mol. The number of phenols is 1. The first kappa shape index (κ1) is 21.1. The Bertz CT molecular complexity index is 1030. The van der Waals surface area contributed by atoms with Crippen LogP contribution in [0.2, 0.25) is 5.02 Å². The lowest BCUT2D eigenvalue weighted by molar-refractivity contribution is -0.121. The summed E-state index contributed by atoms with van der Waals surface area (Å²) >= 11 is 5.86. The van der Waals surface area contributed by atoms with Crippen molar-refractivity contribution in [1.82, 2.24) is 4.90 Å². The second-order valence-corrected chi connectivity index (χ2v) is 8.76. The number of nitrogens with one attached hydrogen (secondary N) is 1. The summed E-state index contributed by atoms with van der Waals surface area (Å²) in [6.45, 7) is 0.833. The normalized spacial score (nSPS) is 15.2. The van der Waals surface area contributed by atoms with Crippen molar-refractivity contribution in [3.05, 3.63) is 53.1 Å². The maximum absolute atomic E-state index is 12.6. The summed E-state index contributed by atoms with van der Waals surface area (Å²) in [6.07, 6.45) is 0.997. The molecule has 1 saturated heterocycles. The molecule has 0 spiro atoms. The number of likely N-dealkylation sites (tertiary alicyclic amines) is 1. The molecule has 0 aromatic heterocycles. The number of benzene rings is 2. The summed E-state index contributed by atoms with van der Waals surface area (Å²) in [5.41, 5.74) is 0.852. The van der Waals surface area contributed by atoms with Crippen molar-refractivity contribution in [3.8, 4) is 5.75 Å². The number of hydrogen-bond acceptors (Lipinski definition) is 5. The van der Waals surface area contributed by atoms with Crippen molar-refractivity contribution in [2.75, 3.05) is 18.4 Å². The van der Waals surface area contributed by atoms with Gasteiger partial charge in [-0.2, -0.15) is 0 Å². The summed E-state index contributed by atoms with van der Waals surface area (Å²) < 4.78 is 22.6. The molecule has 0 unspecified atom stereocenters. The van der Waals surface area contributed by atoms with Gasteiger partial charge in [-0.05, 0) is 55.3 Å². The highest BCUT2D eigenvalue weighted by Crippen LogP contribution is 2.26. The molecule has 4 N–H and O–H groups in total. The topological polar surface area (TPSA) is 130 Å². The number of anilines is 1. The van der Waals surface area contributed by atoms with Crippen molar-refractivity contribution < 1.29 is 23.1 Å². The van der Waals surface area contributed by atoms with Gasteiger partial charge < -0.3 is 15.3 Å². The first-order chi connectivity index (χ1) is 13.6. The lowest BCUT2D eigenvalue weighted by Gasteiger charge is -2.31. The van der Waals surface area contributed by atoms with Gasteiger partial charge in [-0.3, -0.25) is 9.59 Å². The fraction of sp³-hybridized carbons (Fsp3) is 0.263. The highest BCUT2D eigenvalue weighted by Gasteiger charge is 2.28. The predicted molar refractivity (Wildman–Crippen MR) is 108 cm³/mol. The van der Waals surface area contributed by atoms with E-state index in [9.17, 15) is 23.1 Å². The molecule has 1 heterocycles. The van der Waals surface area contributed by atoms with Crippen LogP contribution in [-0.2, 0) is 14.8 Å². The average molecular weight is 438 g/mol. The molecule has 2 amide bonds. The number of sulfonamides is 1. The molecular weight excluding hydrogens is 418 g/mol. The molecule has 154 valence electrons. The molecule has 0 radical (unpaired) electrons. The molecule has 1 aliphatic rings. The van der Waals surface area contributed by atoms with Crippen LogP contribution in [-0.4, -0.2) is 43.3 Å². The first-order valence-corrected chi connectivity index (χ1v) is 10.8. The predicted octanol–water partition coefficient (Wildman–Crippen LogP) is 2.18. The van der Waals surface area contributed by atoms with Gasteiger partial charge in [0.15, 0.2) is 0 Å². The van der Waals surface area contributed by atoms with E-state index in [1.807, 2.05) is 0 Å². The highest BCUT2D eigenvalue weighted by atomic mass is 35.5. The molecule has 0 saturated carbocycles. The number of piperidine rings is 1. The maximum Gasteiger partial charge on any atom is 0.253 e. The molecule has 0 bridgehead atoms. The molecular formula is C19H20ClN3O5S. The Labute approximate surface area is 173 Å². The first-order valence-electron chi connectivity index (χ1n) is 8.86. The van der Waals surface area contributed by atoms with Crippen molar-refractivity contribution in [2.24, 2.45) is 11.1 Å². The number of halogens is 1. The highest BCUT2D eigenvalue weighted by molar-refractivity contribution is 7.89. The van der Waals surface area contributed by atoms with Crippen LogP contribution in [0.4, 0.5) is 5.69 Å². The number of hydrogen-bond donors (Lipinski definition) is 3. The molecule has 8 nitrogen and oxygen atoms in total. The van der Waals surface area contributed by atoms with Gasteiger partial charge in [0.1, 0.15) is 5.75 Å². The summed E-state index contributed by atoms with van der Waals surface area (Å²) in [4.78, 5) is 26.7. The Kier molecular flexibility index (Phi) is 6.11. The Morgan fingerprint density at radius 1 is 1.10 bits per heavy atom. The van der Waals surface area contributed by atoms with Crippen LogP contribution >= 0.6 is 11.6 Å². The summed E-state index contributed by atoms with van der Waals surface area (Å²) in [5.74, 6) is -0.742. The van der Waals surface area contributed by atoms with Crippen molar-refractivity contribution in [3.63, 3.8) is 0 Å². The Hall–Kier alpha value is -2.62. The minimum Gasteiger partial charge on any atom is -0.506 e. The van der Waals surface area contributed by atoms with E-state index in [0.717, 1.165) is 0 Å². The van der Waals surface area contributed by atoms with Crippen molar-refractivity contribution in [2.45, 2.75) is 17.7 Å². The third kappa shape index (κ3) is 5.06. The fourth-order valence-electron chi connectivity index (χ4n) is 3.14. The zero-order chi connectivity index (χ0) is 21.2.